The molecule has 0 aliphatic carbocycles. The fourth-order valence-corrected chi connectivity index (χ4v) is 2.55. The molecular formula is C12H16N2O2S. The van der Waals surface area contributed by atoms with Crippen molar-refractivity contribution in [3.8, 4) is 5.75 Å². The van der Waals surface area contributed by atoms with Crippen LogP contribution >= 0.6 is 11.8 Å². The predicted octanol–water partition coefficient (Wildman–Crippen LogP) is 1.96. The number of nitrogens with zero attached hydrogens (tertiary/aromatic N) is 1. The molecule has 1 aliphatic heterocycles. The number of thioether (sulfide) groups is 1. The lowest BCUT2D eigenvalue weighted by Gasteiger charge is -2.14. The molecule has 0 bridgehead atoms. The molecule has 0 saturated heterocycles. The van der Waals surface area contributed by atoms with Crippen LogP contribution in [0, 0.1) is 0 Å². The van der Waals surface area contributed by atoms with Crippen molar-refractivity contribution >= 4 is 22.6 Å². The van der Waals surface area contributed by atoms with E-state index in [1.165, 1.54) is 0 Å². The first-order chi connectivity index (χ1) is 8.15. The fourth-order valence-electron chi connectivity index (χ4n) is 1.48. The van der Waals surface area contributed by atoms with Gasteiger partial charge in [0.2, 0.25) is 0 Å². The molecule has 1 heterocycles. The Bertz CT molecular complexity index is 419. The molecule has 0 spiro atoms. The van der Waals surface area contributed by atoms with E-state index < -0.39 is 0 Å². The molecule has 0 fully saturated rings. The number of nitrogens with one attached hydrogen (secondary N) is 1. The number of amidine groups is 1. The number of rotatable bonds is 3. The monoisotopic (exact) mass is 252 g/mol. The third-order valence-electron chi connectivity index (χ3n) is 2.57. The van der Waals surface area contributed by atoms with E-state index in [0.29, 0.717) is 0 Å². The van der Waals surface area contributed by atoms with Crippen molar-refractivity contribution in [2.75, 3.05) is 24.8 Å². The summed E-state index contributed by atoms with van der Waals surface area (Å²) in [6, 6.07) is 7.68. The molecule has 1 atom stereocenters. The van der Waals surface area contributed by atoms with Gasteiger partial charge in [-0.3, -0.25) is 4.99 Å². The number of aliphatic hydroxyl groups excluding tert-OH is 1. The maximum atomic E-state index is 9.21. The third-order valence-corrected chi connectivity index (χ3v) is 3.81. The van der Waals surface area contributed by atoms with Crippen LogP contribution in [0.3, 0.4) is 0 Å². The normalized spacial score (nSPS) is 23.4. The minimum absolute atomic E-state index is 0.0772. The lowest BCUT2D eigenvalue weighted by Crippen LogP contribution is -2.26. The molecule has 0 aromatic heterocycles. The van der Waals surface area contributed by atoms with E-state index in [4.69, 9.17) is 4.74 Å². The van der Waals surface area contributed by atoms with Gasteiger partial charge in [-0.15, -0.1) is 0 Å². The van der Waals surface area contributed by atoms with Crippen LogP contribution in [-0.2, 0) is 0 Å². The summed E-state index contributed by atoms with van der Waals surface area (Å²) in [5.41, 5.74) is 0.624. The van der Waals surface area contributed by atoms with E-state index in [2.05, 4.69) is 10.3 Å². The number of anilines is 1. The summed E-state index contributed by atoms with van der Waals surface area (Å²) in [4.78, 5) is 4.46. The van der Waals surface area contributed by atoms with Gasteiger partial charge in [0.05, 0.1) is 19.3 Å². The second-order valence-electron chi connectivity index (χ2n) is 4.21. The highest BCUT2D eigenvalue weighted by molar-refractivity contribution is 8.14. The molecule has 0 radical (unpaired) electrons. The number of methoxy groups -OCH3 is 1. The van der Waals surface area contributed by atoms with Gasteiger partial charge in [0.25, 0.3) is 0 Å². The zero-order valence-corrected chi connectivity index (χ0v) is 10.8. The molecule has 1 aromatic rings. The highest BCUT2D eigenvalue weighted by Gasteiger charge is 2.29. The first-order valence-corrected chi connectivity index (χ1v) is 6.38. The van der Waals surface area contributed by atoms with E-state index in [1.54, 1.807) is 18.9 Å². The standard InChI is InChI=1S/C12H16N2O2S/c1-12(7-15)8-17-11(14-12)13-9-3-5-10(16-2)6-4-9/h3-6,15H,7-8H2,1-2H3,(H,13,14)/t12-/m1/s1. The Morgan fingerprint density at radius 2 is 2.18 bits per heavy atom. The Labute approximate surface area is 105 Å². The van der Waals surface area contributed by atoms with Gasteiger partial charge >= 0.3 is 0 Å². The number of aliphatic imine (C=N–C) groups is 1. The maximum absolute atomic E-state index is 9.21. The first-order valence-electron chi connectivity index (χ1n) is 5.40. The molecule has 2 rings (SSSR count). The van der Waals surface area contributed by atoms with Crippen molar-refractivity contribution < 1.29 is 9.84 Å². The molecule has 92 valence electrons. The molecule has 1 aliphatic rings. The van der Waals surface area contributed by atoms with Crippen LogP contribution in [-0.4, -0.2) is 35.3 Å². The molecule has 0 unspecified atom stereocenters. The van der Waals surface area contributed by atoms with Gasteiger partial charge in [0.15, 0.2) is 5.17 Å². The van der Waals surface area contributed by atoms with Crippen molar-refractivity contribution in [3.63, 3.8) is 0 Å². The summed E-state index contributed by atoms with van der Waals surface area (Å²) in [6.45, 7) is 2.02. The third kappa shape index (κ3) is 2.92. The van der Waals surface area contributed by atoms with Crippen LogP contribution in [0.2, 0.25) is 0 Å². The number of aliphatic hydroxyl groups is 1. The second-order valence-corrected chi connectivity index (χ2v) is 5.18. The summed E-state index contributed by atoms with van der Waals surface area (Å²) in [5, 5.41) is 13.3. The average Bonchev–Trinajstić information content (AvgIpc) is 2.73. The van der Waals surface area contributed by atoms with Crippen LogP contribution in [0.25, 0.3) is 0 Å². The predicted molar refractivity (Wildman–Crippen MR) is 72.0 cm³/mol. The molecule has 5 heteroatoms. The summed E-state index contributed by atoms with van der Waals surface area (Å²) in [7, 11) is 1.64. The molecule has 1 aromatic carbocycles. The van der Waals surface area contributed by atoms with E-state index >= 15 is 0 Å². The minimum atomic E-state index is -0.348. The summed E-state index contributed by atoms with van der Waals surface area (Å²) in [6.07, 6.45) is 0. The fraction of sp³-hybridized carbons (Fsp3) is 0.417. The minimum Gasteiger partial charge on any atom is -0.497 e. The van der Waals surface area contributed by atoms with E-state index in [-0.39, 0.29) is 12.1 Å². The van der Waals surface area contributed by atoms with Gasteiger partial charge in [0.1, 0.15) is 5.75 Å². The molecular weight excluding hydrogens is 236 g/mol. The van der Waals surface area contributed by atoms with Gasteiger partial charge in [-0.05, 0) is 31.2 Å². The van der Waals surface area contributed by atoms with Crippen molar-refractivity contribution in [1.29, 1.82) is 0 Å². The number of benzene rings is 1. The zero-order chi connectivity index (χ0) is 12.3. The van der Waals surface area contributed by atoms with Crippen LogP contribution in [0.5, 0.6) is 5.75 Å². The van der Waals surface area contributed by atoms with Crippen LogP contribution in [0.4, 0.5) is 5.69 Å². The summed E-state index contributed by atoms with van der Waals surface area (Å²) >= 11 is 1.63. The largest absolute Gasteiger partial charge is 0.497 e. The Kier molecular flexibility index (Phi) is 3.59. The van der Waals surface area contributed by atoms with E-state index in [0.717, 1.165) is 22.4 Å². The van der Waals surface area contributed by atoms with Crippen molar-refractivity contribution in [1.82, 2.24) is 0 Å². The quantitative estimate of drug-likeness (QED) is 0.863. The van der Waals surface area contributed by atoms with E-state index in [9.17, 15) is 5.11 Å². The van der Waals surface area contributed by atoms with Gasteiger partial charge in [-0.25, -0.2) is 0 Å². The van der Waals surface area contributed by atoms with Crippen molar-refractivity contribution in [2.45, 2.75) is 12.5 Å². The molecule has 0 amide bonds. The highest BCUT2D eigenvalue weighted by atomic mass is 32.2. The van der Waals surface area contributed by atoms with Gasteiger partial charge in [0, 0.05) is 11.4 Å². The lowest BCUT2D eigenvalue weighted by atomic mass is 10.1. The summed E-state index contributed by atoms with van der Waals surface area (Å²) in [5.74, 6) is 1.64. The Hall–Kier alpha value is -1.20. The SMILES string of the molecule is COc1ccc(NC2=N[C@](C)(CO)CS2)cc1. The van der Waals surface area contributed by atoms with E-state index in [1.807, 2.05) is 31.2 Å². The highest BCUT2D eigenvalue weighted by Crippen LogP contribution is 2.28. The Morgan fingerprint density at radius 1 is 1.47 bits per heavy atom. The molecule has 0 saturated carbocycles. The summed E-state index contributed by atoms with van der Waals surface area (Å²) < 4.78 is 5.09. The van der Waals surface area contributed by atoms with Gasteiger partial charge in [-0.1, -0.05) is 11.8 Å². The van der Waals surface area contributed by atoms with Crippen LogP contribution in [0.1, 0.15) is 6.92 Å². The lowest BCUT2D eigenvalue weighted by molar-refractivity contribution is 0.227. The first kappa shape index (κ1) is 12.3. The maximum Gasteiger partial charge on any atom is 0.161 e. The number of ether oxygens (including phenoxy) is 1. The number of hydrogen-bond acceptors (Lipinski definition) is 5. The van der Waals surface area contributed by atoms with Gasteiger partial charge in [-0.2, -0.15) is 0 Å². The molecule has 17 heavy (non-hydrogen) atoms. The number of hydrogen-bond donors (Lipinski definition) is 2. The topological polar surface area (TPSA) is 53.8 Å². The zero-order valence-electron chi connectivity index (χ0n) is 9.93. The molecule has 2 N–H and O–H groups in total. The Morgan fingerprint density at radius 3 is 2.71 bits per heavy atom. The smallest absolute Gasteiger partial charge is 0.161 e. The van der Waals surface area contributed by atoms with Gasteiger partial charge < -0.3 is 15.2 Å². The van der Waals surface area contributed by atoms with Crippen LogP contribution < -0.4 is 10.1 Å². The average molecular weight is 252 g/mol. The van der Waals surface area contributed by atoms with Crippen LogP contribution in [0.15, 0.2) is 29.3 Å². The molecule has 4 nitrogen and oxygen atoms in total. The van der Waals surface area contributed by atoms with Crippen molar-refractivity contribution in [3.05, 3.63) is 24.3 Å². The Balaban J connectivity index is 2.04. The second kappa shape index (κ2) is 4.98. The van der Waals surface area contributed by atoms with Crippen molar-refractivity contribution in [2.24, 2.45) is 4.99 Å².